The summed E-state index contributed by atoms with van der Waals surface area (Å²) in [6.45, 7) is 0. The van der Waals surface area contributed by atoms with Crippen LogP contribution in [0.25, 0.3) is 6.08 Å². The fraction of sp³-hybridized carbons (Fsp3) is 0. The van der Waals surface area contributed by atoms with Crippen molar-refractivity contribution in [3.8, 4) is 0 Å². The molecule has 1 amide bonds. The van der Waals surface area contributed by atoms with Crippen LogP contribution in [0.15, 0.2) is 54.6 Å². The van der Waals surface area contributed by atoms with E-state index >= 15 is 0 Å². The quantitative estimate of drug-likeness (QED) is 0.385. The summed E-state index contributed by atoms with van der Waals surface area (Å²) in [4.78, 5) is 21.6. The van der Waals surface area contributed by atoms with Crippen molar-refractivity contribution in [2.75, 3.05) is 5.32 Å². The number of anilines is 1. The van der Waals surface area contributed by atoms with Gasteiger partial charge in [0.1, 0.15) is 0 Å². The number of nitrogens with zero attached hydrogens (tertiary/aromatic N) is 1. The monoisotopic (exact) mass is 345 g/mol. The minimum atomic E-state index is -0.953. The second kappa shape index (κ2) is 7.93. The minimum Gasteiger partial charge on any atom is -0.332 e. The Labute approximate surface area is 142 Å². The molecule has 0 aliphatic carbocycles. The van der Waals surface area contributed by atoms with Crippen LogP contribution in [0.1, 0.15) is 5.56 Å². The highest BCUT2D eigenvalue weighted by Crippen LogP contribution is 2.21. The normalized spacial score (nSPS) is 10.4. The van der Waals surface area contributed by atoms with Crippen LogP contribution in [0.4, 0.5) is 15.8 Å². The van der Waals surface area contributed by atoms with Gasteiger partial charge in [-0.3, -0.25) is 20.2 Å². The second-order valence-electron chi connectivity index (χ2n) is 4.61. The average Bonchev–Trinajstić information content (AvgIpc) is 2.55. The highest BCUT2D eigenvalue weighted by atomic mass is 32.1. The molecule has 0 atom stereocenters. The number of hydrogen-bond donors (Lipinski definition) is 2. The first-order valence-electron chi connectivity index (χ1n) is 6.75. The molecule has 0 spiro atoms. The van der Waals surface area contributed by atoms with Gasteiger partial charge in [0.2, 0.25) is 11.7 Å². The third kappa shape index (κ3) is 4.96. The lowest BCUT2D eigenvalue weighted by Gasteiger charge is -2.08. The van der Waals surface area contributed by atoms with Gasteiger partial charge in [0.25, 0.3) is 0 Å². The zero-order valence-corrected chi connectivity index (χ0v) is 13.0. The van der Waals surface area contributed by atoms with Crippen LogP contribution in [0.2, 0.25) is 0 Å². The summed E-state index contributed by atoms with van der Waals surface area (Å²) in [5.41, 5.74) is 0.360. The van der Waals surface area contributed by atoms with E-state index in [4.69, 9.17) is 12.2 Å². The SMILES string of the molecule is O=C(/C=C\c1ccccc1)NC(=S)Nc1ccc(F)c([N+](=O)[O-])c1. The van der Waals surface area contributed by atoms with Gasteiger partial charge in [0, 0.05) is 17.8 Å². The van der Waals surface area contributed by atoms with E-state index < -0.39 is 22.3 Å². The van der Waals surface area contributed by atoms with E-state index in [1.54, 1.807) is 6.08 Å². The third-order valence-corrected chi connectivity index (χ3v) is 3.07. The molecule has 0 heterocycles. The predicted molar refractivity (Wildman–Crippen MR) is 92.9 cm³/mol. The number of nitrogens with one attached hydrogen (secondary N) is 2. The van der Waals surface area contributed by atoms with E-state index in [1.165, 1.54) is 12.1 Å². The summed E-state index contributed by atoms with van der Waals surface area (Å²) in [5.74, 6) is -1.42. The molecule has 8 heteroatoms. The second-order valence-corrected chi connectivity index (χ2v) is 5.02. The molecule has 2 rings (SSSR count). The van der Waals surface area contributed by atoms with Gasteiger partial charge in [-0.2, -0.15) is 4.39 Å². The Morgan fingerprint density at radius 2 is 1.92 bits per heavy atom. The first-order chi connectivity index (χ1) is 11.5. The highest BCUT2D eigenvalue weighted by Gasteiger charge is 2.14. The van der Waals surface area contributed by atoms with Gasteiger partial charge in [-0.05, 0) is 36.0 Å². The lowest BCUT2D eigenvalue weighted by Crippen LogP contribution is -2.32. The van der Waals surface area contributed by atoms with Crippen LogP contribution in [0, 0.1) is 15.9 Å². The third-order valence-electron chi connectivity index (χ3n) is 2.86. The van der Waals surface area contributed by atoms with Gasteiger partial charge in [0.05, 0.1) is 4.92 Å². The Hall–Kier alpha value is -3.13. The Balaban J connectivity index is 1.96. The Morgan fingerprint density at radius 1 is 1.21 bits per heavy atom. The maximum Gasteiger partial charge on any atom is 0.306 e. The van der Waals surface area contributed by atoms with Crippen LogP contribution < -0.4 is 10.6 Å². The maximum absolute atomic E-state index is 13.2. The van der Waals surface area contributed by atoms with Crippen molar-refractivity contribution in [1.29, 1.82) is 0 Å². The predicted octanol–water partition coefficient (Wildman–Crippen LogP) is 3.26. The van der Waals surface area contributed by atoms with Crippen molar-refractivity contribution in [2.24, 2.45) is 0 Å². The van der Waals surface area contributed by atoms with Crippen LogP contribution in [-0.2, 0) is 4.79 Å². The summed E-state index contributed by atoms with van der Waals surface area (Å²) < 4.78 is 13.2. The number of nitro benzene ring substituents is 1. The number of carbonyl (C=O) groups is 1. The van der Waals surface area contributed by atoms with Crippen molar-refractivity contribution in [3.05, 3.63) is 76.1 Å². The average molecular weight is 345 g/mol. The molecule has 0 unspecified atom stereocenters. The minimum absolute atomic E-state index is 0.0568. The van der Waals surface area contributed by atoms with E-state index in [9.17, 15) is 19.3 Å². The molecule has 0 aromatic heterocycles. The number of nitro groups is 1. The fourth-order valence-corrected chi connectivity index (χ4v) is 2.00. The van der Waals surface area contributed by atoms with Crippen LogP contribution >= 0.6 is 12.2 Å². The molecule has 0 radical (unpaired) electrons. The molecule has 24 heavy (non-hydrogen) atoms. The molecule has 122 valence electrons. The number of rotatable bonds is 4. The molecule has 2 aromatic carbocycles. The maximum atomic E-state index is 13.2. The molecule has 6 nitrogen and oxygen atoms in total. The Kier molecular flexibility index (Phi) is 5.69. The largest absolute Gasteiger partial charge is 0.332 e. The molecule has 0 aliphatic rings. The molecule has 2 N–H and O–H groups in total. The Bertz CT molecular complexity index is 809. The molecule has 0 saturated carbocycles. The smallest absolute Gasteiger partial charge is 0.306 e. The topological polar surface area (TPSA) is 84.3 Å². The van der Waals surface area contributed by atoms with E-state index in [2.05, 4.69) is 10.6 Å². The van der Waals surface area contributed by atoms with Crippen LogP contribution in [-0.4, -0.2) is 15.9 Å². The van der Waals surface area contributed by atoms with Crippen molar-refractivity contribution in [1.82, 2.24) is 5.32 Å². The van der Waals surface area contributed by atoms with Crippen molar-refractivity contribution < 1.29 is 14.1 Å². The molecule has 0 saturated heterocycles. The zero-order chi connectivity index (χ0) is 17.5. The summed E-state index contributed by atoms with van der Waals surface area (Å²) in [6.07, 6.45) is 2.91. The summed E-state index contributed by atoms with van der Waals surface area (Å²) in [6, 6.07) is 12.4. The number of thiocarbonyl (C=S) groups is 1. The van der Waals surface area contributed by atoms with Gasteiger partial charge in [0.15, 0.2) is 5.11 Å². The van der Waals surface area contributed by atoms with E-state index in [1.807, 2.05) is 30.3 Å². The van der Waals surface area contributed by atoms with Gasteiger partial charge in [-0.15, -0.1) is 0 Å². The first-order valence-corrected chi connectivity index (χ1v) is 7.15. The number of carbonyl (C=O) groups excluding carboxylic acids is 1. The zero-order valence-electron chi connectivity index (χ0n) is 12.2. The number of benzene rings is 2. The molecule has 0 aliphatic heterocycles. The van der Waals surface area contributed by atoms with Crippen molar-refractivity contribution in [3.63, 3.8) is 0 Å². The summed E-state index contributed by atoms with van der Waals surface area (Å²) >= 11 is 4.94. The van der Waals surface area contributed by atoms with E-state index in [0.29, 0.717) is 0 Å². The van der Waals surface area contributed by atoms with Gasteiger partial charge in [-0.25, -0.2) is 0 Å². The van der Waals surface area contributed by atoms with Crippen LogP contribution in [0.5, 0.6) is 0 Å². The molecule has 2 aromatic rings. The molecule has 0 fully saturated rings. The van der Waals surface area contributed by atoms with Gasteiger partial charge >= 0.3 is 5.69 Å². The fourth-order valence-electron chi connectivity index (χ4n) is 1.78. The summed E-state index contributed by atoms with van der Waals surface area (Å²) in [5, 5.41) is 15.6. The molecular formula is C16H12FN3O3S. The molecular weight excluding hydrogens is 333 g/mol. The van der Waals surface area contributed by atoms with Crippen molar-refractivity contribution in [2.45, 2.75) is 0 Å². The number of hydrogen-bond acceptors (Lipinski definition) is 4. The Morgan fingerprint density at radius 3 is 2.58 bits per heavy atom. The number of halogens is 1. The molecule has 0 bridgehead atoms. The van der Waals surface area contributed by atoms with Crippen molar-refractivity contribution >= 4 is 40.7 Å². The standard InChI is InChI=1S/C16H12FN3O3S/c17-13-8-7-12(10-14(13)20(22)23)18-16(24)19-15(21)9-6-11-4-2-1-3-5-11/h1-10H,(H2,18,19,21,24)/b9-6-. The highest BCUT2D eigenvalue weighted by molar-refractivity contribution is 7.80. The van der Waals surface area contributed by atoms with E-state index in [0.717, 1.165) is 17.7 Å². The van der Waals surface area contributed by atoms with Crippen LogP contribution in [0.3, 0.4) is 0 Å². The van der Waals surface area contributed by atoms with Gasteiger partial charge in [-0.1, -0.05) is 30.3 Å². The summed E-state index contributed by atoms with van der Waals surface area (Å²) in [7, 11) is 0. The number of amides is 1. The lowest BCUT2D eigenvalue weighted by molar-refractivity contribution is -0.387. The first kappa shape index (κ1) is 17.2. The lowest BCUT2D eigenvalue weighted by atomic mass is 10.2. The van der Waals surface area contributed by atoms with E-state index in [-0.39, 0.29) is 10.8 Å². The van der Waals surface area contributed by atoms with Gasteiger partial charge < -0.3 is 5.32 Å².